The van der Waals surface area contributed by atoms with Gasteiger partial charge in [0.2, 0.25) is 0 Å². The summed E-state index contributed by atoms with van der Waals surface area (Å²) in [6, 6.07) is 6.57. The van der Waals surface area contributed by atoms with Crippen molar-refractivity contribution in [3.8, 4) is 0 Å². The van der Waals surface area contributed by atoms with Gasteiger partial charge in [-0.2, -0.15) is 16.8 Å². The fourth-order valence-electron chi connectivity index (χ4n) is 2.06. The normalized spacial score (nSPS) is 12.2. The number of hydrogen-bond acceptors (Lipinski definition) is 8. The number of carbonyl (C=O) groups is 1. The van der Waals surface area contributed by atoms with E-state index >= 15 is 0 Å². The summed E-state index contributed by atoms with van der Waals surface area (Å²) in [6.45, 7) is 1.50. The molecule has 2 rings (SSSR count). The molecule has 0 unspecified atom stereocenters. The van der Waals surface area contributed by atoms with Crippen LogP contribution in [0.25, 0.3) is 0 Å². The first-order chi connectivity index (χ1) is 15.0. The number of hydrogen-bond donors (Lipinski definition) is 7. The summed E-state index contributed by atoms with van der Waals surface area (Å²) in [4.78, 5) is 10.0. The largest absolute Gasteiger partial charge is 0.480 e. The van der Waals surface area contributed by atoms with Gasteiger partial charge in [-0.1, -0.05) is 17.7 Å². The van der Waals surface area contributed by atoms with Crippen molar-refractivity contribution >= 4 is 66.5 Å². The second-order valence-corrected chi connectivity index (χ2v) is 10.0. The summed E-state index contributed by atoms with van der Waals surface area (Å²) < 4.78 is 60.9. The third-order valence-electron chi connectivity index (χ3n) is 3.82. The van der Waals surface area contributed by atoms with E-state index in [0.717, 1.165) is 12.1 Å². The molecule has 0 saturated heterocycles. The van der Waals surface area contributed by atoms with Crippen LogP contribution in [-0.2, 0) is 25.0 Å². The van der Waals surface area contributed by atoms with Crippen LogP contribution in [0.3, 0.4) is 0 Å². The van der Waals surface area contributed by atoms with Crippen LogP contribution in [-0.4, -0.2) is 54.7 Å². The maximum atomic E-state index is 11.2. The molecular weight excluding hydrogens is 520 g/mol. The predicted molar refractivity (Wildman–Crippen MR) is 127 cm³/mol. The van der Waals surface area contributed by atoms with Crippen LogP contribution < -0.4 is 22.1 Å². The molecule has 12 nitrogen and oxygen atoms in total. The van der Waals surface area contributed by atoms with Crippen LogP contribution in [0.1, 0.15) is 5.56 Å². The van der Waals surface area contributed by atoms with Gasteiger partial charge in [-0.3, -0.25) is 13.9 Å². The zero-order chi connectivity index (χ0) is 25.6. The number of nitrogens with one attached hydrogen (secondary N) is 2. The van der Waals surface area contributed by atoms with Crippen molar-refractivity contribution in [1.29, 1.82) is 0 Å². The van der Waals surface area contributed by atoms with E-state index in [9.17, 15) is 21.6 Å². The number of carboxylic acid groups (broad SMARTS) is 1. The van der Waals surface area contributed by atoms with E-state index in [1.807, 2.05) is 0 Å². The van der Waals surface area contributed by atoms with Gasteiger partial charge in [0.05, 0.1) is 9.79 Å². The Morgan fingerprint density at radius 2 is 1.70 bits per heavy atom. The topological polar surface area (TPSA) is 222 Å². The van der Waals surface area contributed by atoms with Gasteiger partial charge in [-0.25, -0.2) is 0 Å². The van der Waals surface area contributed by atoms with Crippen molar-refractivity contribution in [2.75, 3.05) is 17.6 Å². The molecule has 9 N–H and O–H groups in total. The molecule has 182 valence electrons. The number of carboxylic acids is 1. The standard InChI is InChI=1S/C11H14ClN3O5S2.C6H7NO3S/c1-5-7(12)2-6(22(18,19)20)3-9(5)15-11(21)14-4-8(13)10(16)17;7-5-2-1-3-6(4-5)11(8,9)10/h2-3,8H,4,13H2,1H3,(H,16,17)(H2,14,15,21)(H,18,19,20);1-4H,7H2,(H,8,9,10)/t8-;/m0./s1. The highest BCUT2D eigenvalue weighted by atomic mass is 35.5. The fourth-order valence-corrected chi connectivity index (χ4v) is 3.61. The third kappa shape index (κ3) is 9.47. The summed E-state index contributed by atoms with van der Waals surface area (Å²) in [7, 11) is -8.53. The first-order valence-electron chi connectivity index (χ1n) is 8.66. The smallest absolute Gasteiger partial charge is 0.322 e. The Balaban J connectivity index is 0.000000412. The molecule has 1 atom stereocenters. The molecule has 0 aliphatic heterocycles. The van der Waals surface area contributed by atoms with Crippen molar-refractivity contribution < 1.29 is 35.8 Å². The maximum absolute atomic E-state index is 11.2. The quantitative estimate of drug-likeness (QED) is 0.155. The molecule has 0 aromatic heterocycles. The Bertz CT molecular complexity index is 1250. The first kappa shape index (κ1) is 28.5. The average Bonchev–Trinajstić information content (AvgIpc) is 2.68. The van der Waals surface area contributed by atoms with Crippen molar-refractivity contribution in [1.82, 2.24) is 5.32 Å². The second-order valence-electron chi connectivity index (χ2n) is 6.38. The number of nitrogens with two attached hydrogens (primary N) is 2. The van der Waals surface area contributed by atoms with Crippen LogP contribution in [0, 0.1) is 6.92 Å². The number of thiocarbonyl (C=S) groups is 1. The summed E-state index contributed by atoms with van der Waals surface area (Å²) in [5.74, 6) is -1.19. The summed E-state index contributed by atoms with van der Waals surface area (Å²) >= 11 is 10.9. The molecule has 0 spiro atoms. The lowest BCUT2D eigenvalue weighted by Gasteiger charge is -2.15. The molecule has 33 heavy (non-hydrogen) atoms. The fraction of sp³-hybridized carbons (Fsp3) is 0.176. The Labute approximate surface area is 200 Å². The minimum absolute atomic E-state index is 0.0309. The number of halogens is 1. The molecule has 0 bridgehead atoms. The highest BCUT2D eigenvalue weighted by molar-refractivity contribution is 7.86. The van der Waals surface area contributed by atoms with Crippen LogP contribution >= 0.6 is 23.8 Å². The van der Waals surface area contributed by atoms with Gasteiger partial charge in [-0.15, -0.1) is 0 Å². The van der Waals surface area contributed by atoms with Gasteiger partial charge in [0.15, 0.2) is 5.11 Å². The maximum Gasteiger partial charge on any atom is 0.322 e. The lowest BCUT2D eigenvalue weighted by atomic mass is 10.2. The molecule has 0 amide bonds. The van der Waals surface area contributed by atoms with Crippen molar-refractivity contribution in [2.24, 2.45) is 5.73 Å². The number of benzene rings is 2. The average molecular weight is 541 g/mol. The van der Waals surface area contributed by atoms with E-state index in [1.165, 1.54) is 24.3 Å². The van der Waals surface area contributed by atoms with Crippen LogP contribution in [0.2, 0.25) is 5.02 Å². The van der Waals surface area contributed by atoms with E-state index in [-0.39, 0.29) is 27.3 Å². The Kier molecular flexibility index (Phi) is 9.98. The van der Waals surface area contributed by atoms with E-state index in [0.29, 0.717) is 11.3 Å². The Morgan fingerprint density at radius 3 is 2.15 bits per heavy atom. The van der Waals surface area contributed by atoms with Crippen LogP contribution in [0.5, 0.6) is 0 Å². The molecule has 0 heterocycles. The number of anilines is 2. The van der Waals surface area contributed by atoms with Crippen LogP contribution in [0.15, 0.2) is 46.2 Å². The van der Waals surface area contributed by atoms with Crippen LogP contribution in [0.4, 0.5) is 11.4 Å². The monoisotopic (exact) mass is 540 g/mol. The zero-order valence-corrected chi connectivity index (χ0v) is 20.1. The van der Waals surface area contributed by atoms with Crippen molar-refractivity contribution in [2.45, 2.75) is 22.8 Å². The van der Waals surface area contributed by atoms with Gasteiger partial charge < -0.3 is 27.2 Å². The Morgan fingerprint density at radius 1 is 1.12 bits per heavy atom. The third-order valence-corrected chi connectivity index (χ3v) is 6.14. The van der Waals surface area contributed by atoms with Gasteiger partial charge in [0.1, 0.15) is 6.04 Å². The molecule has 0 aliphatic rings. The lowest BCUT2D eigenvalue weighted by Crippen LogP contribution is -2.43. The van der Waals surface area contributed by atoms with Gasteiger partial charge in [-0.05, 0) is 55.0 Å². The van der Waals surface area contributed by atoms with Gasteiger partial charge in [0.25, 0.3) is 20.2 Å². The summed E-state index contributed by atoms with van der Waals surface area (Å²) in [6.07, 6.45) is 0. The van der Waals surface area contributed by atoms with Gasteiger partial charge in [0, 0.05) is 22.9 Å². The molecule has 0 aliphatic carbocycles. The molecule has 2 aromatic carbocycles. The molecule has 0 fully saturated rings. The summed E-state index contributed by atoms with van der Waals surface area (Å²) in [5.41, 5.74) is 11.6. The number of nitrogen functional groups attached to an aromatic ring is 1. The minimum Gasteiger partial charge on any atom is -0.480 e. The van der Waals surface area contributed by atoms with E-state index in [1.54, 1.807) is 6.92 Å². The molecule has 2 aromatic rings. The highest BCUT2D eigenvalue weighted by Crippen LogP contribution is 2.28. The Hall–Kier alpha value is -2.53. The molecular formula is C17H21ClN4O8S3. The number of aliphatic carboxylic acids is 1. The van der Waals surface area contributed by atoms with E-state index in [2.05, 4.69) is 10.6 Å². The minimum atomic E-state index is -4.42. The van der Waals surface area contributed by atoms with E-state index < -0.39 is 37.1 Å². The summed E-state index contributed by atoms with van der Waals surface area (Å²) in [5, 5.41) is 14.0. The van der Waals surface area contributed by atoms with E-state index in [4.69, 9.17) is 49.5 Å². The van der Waals surface area contributed by atoms with Gasteiger partial charge >= 0.3 is 5.97 Å². The predicted octanol–water partition coefficient (Wildman–Crippen LogP) is 1.11. The van der Waals surface area contributed by atoms with Crippen molar-refractivity contribution in [3.05, 3.63) is 47.0 Å². The molecule has 0 saturated carbocycles. The van der Waals surface area contributed by atoms with Crippen molar-refractivity contribution in [3.63, 3.8) is 0 Å². The molecule has 16 heteroatoms. The highest BCUT2D eigenvalue weighted by Gasteiger charge is 2.16. The number of rotatable bonds is 6. The zero-order valence-electron chi connectivity index (χ0n) is 16.9. The second kappa shape index (κ2) is 11.6. The lowest BCUT2D eigenvalue weighted by molar-refractivity contribution is -0.138. The first-order valence-corrected chi connectivity index (χ1v) is 12.3. The SMILES string of the molecule is Cc1c(Cl)cc(S(=O)(=O)O)cc1NC(=S)NC[C@H](N)C(=O)O.Nc1cccc(S(=O)(=O)O)c1. The molecule has 0 radical (unpaired) electrons.